The standard InChI is InChI=1S/C24H26FN3O4/c1-24(13-12-16-8-10-18(32-2)11-9-16)22(30)28(23(31)26-24)15-20(29)27-14-4-6-17-5-3-7-19(25)21(17)27/h3,5,7-11H,4,6,12-15H2,1-2H3,(H,26,31). The van der Waals surface area contributed by atoms with Crippen LogP contribution in [0.2, 0.25) is 0 Å². The fraction of sp³-hybridized carbons (Fsp3) is 0.375. The highest BCUT2D eigenvalue weighted by molar-refractivity contribution is 6.10. The number of aryl methyl sites for hydroxylation is 2. The third-order valence-electron chi connectivity index (χ3n) is 6.18. The van der Waals surface area contributed by atoms with E-state index in [1.807, 2.05) is 24.3 Å². The Labute approximate surface area is 186 Å². The number of fused-ring (bicyclic) bond motifs is 1. The van der Waals surface area contributed by atoms with Crippen LogP contribution in [-0.2, 0) is 22.4 Å². The number of anilines is 1. The first-order valence-electron chi connectivity index (χ1n) is 10.7. The van der Waals surface area contributed by atoms with Crippen molar-refractivity contribution in [3.8, 4) is 5.75 Å². The summed E-state index contributed by atoms with van der Waals surface area (Å²) in [7, 11) is 1.59. The van der Waals surface area contributed by atoms with Crippen LogP contribution < -0.4 is 15.0 Å². The number of carbonyl (C=O) groups excluding carboxylic acids is 3. The first-order valence-corrected chi connectivity index (χ1v) is 10.7. The molecule has 2 aromatic carbocycles. The van der Waals surface area contributed by atoms with Crippen molar-refractivity contribution in [1.29, 1.82) is 0 Å². The molecule has 1 N–H and O–H groups in total. The highest BCUT2D eigenvalue weighted by atomic mass is 19.1. The molecule has 1 atom stereocenters. The van der Waals surface area contributed by atoms with Gasteiger partial charge in [-0.2, -0.15) is 0 Å². The van der Waals surface area contributed by atoms with Crippen molar-refractivity contribution in [3.05, 3.63) is 59.4 Å². The van der Waals surface area contributed by atoms with Gasteiger partial charge in [0.25, 0.3) is 5.91 Å². The molecule has 4 rings (SSSR count). The zero-order chi connectivity index (χ0) is 22.9. The molecule has 8 heteroatoms. The zero-order valence-electron chi connectivity index (χ0n) is 18.2. The lowest BCUT2D eigenvalue weighted by Crippen LogP contribution is -2.47. The summed E-state index contributed by atoms with van der Waals surface area (Å²) in [5, 5.41) is 2.73. The number of rotatable bonds is 6. The molecule has 2 aliphatic heterocycles. The highest BCUT2D eigenvalue weighted by Gasteiger charge is 2.48. The van der Waals surface area contributed by atoms with Gasteiger partial charge < -0.3 is 15.0 Å². The van der Waals surface area contributed by atoms with Gasteiger partial charge in [-0.1, -0.05) is 24.3 Å². The average molecular weight is 439 g/mol. The first-order chi connectivity index (χ1) is 15.3. The molecule has 2 aromatic rings. The molecule has 1 saturated heterocycles. The summed E-state index contributed by atoms with van der Waals surface area (Å²) in [6.07, 6.45) is 2.33. The molecule has 2 heterocycles. The molecule has 0 aromatic heterocycles. The van der Waals surface area contributed by atoms with Crippen LogP contribution in [0.25, 0.3) is 0 Å². The summed E-state index contributed by atoms with van der Waals surface area (Å²) in [6, 6.07) is 11.6. The molecule has 32 heavy (non-hydrogen) atoms. The van der Waals surface area contributed by atoms with Crippen molar-refractivity contribution in [3.63, 3.8) is 0 Å². The Morgan fingerprint density at radius 2 is 1.94 bits per heavy atom. The van der Waals surface area contributed by atoms with Gasteiger partial charge in [-0.3, -0.25) is 14.5 Å². The Bertz CT molecular complexity index is 1060. The van der Waals surface area contributed by atoms with Gasteiger partial charge in [0.2, 0.25) is 5.91 Å². The molecule has 2 aliphatic rings. The van der Waals surface area contributed by atoms with Gasteiger partial charge >= 0.3 is 6.03 Å². The number of halogens is 1. The van der Waals surface area contributed by atoms with Crippen LogP contribution in [0.5, 0.6) is 5.75 Å². The molecule has 1 unspecified atom stereocenters. The Morgan fingerprint density at radius 1 is 1.19 bits per heavy atom. The molecular weight excluding hydrogens is 413 g/mol. The Kier molecular flexibility index (Phi) is 5.86. The SMILES string of the molecule is COc1ccc(CCC2(C)NC(=O)N(CC(=O)N3CCCc4cccc(F)c43)C2=O)cc1. The molecular formula is C24H26FN3O4. The van der Waals surface area contributed by atoms with Crippen molar-refractivity contribution in [2.45, 2.75) is 38.1 Å². The Hall–Kier alpha value is -3.42. The average Bonchev–Trinajstić information content (AvgIpc) is 3.01. The summed E-state index contributed by atoms with van der Waals surface area (Å²) >= 11 is 0. The van der Waals surface area contributed by atoms with Crippen LogP contribution in [0.15, 0.2) is 42.5 Å². The first kappa shape index (κ1) is 21.8. The number of urea groups is 1. The minimum Gasteiger partial charge on any atom is -0.497 e. The number of hydrogen-bond donors (Lipinski definition) is 1. The minimum atomic E-state index is -1.11. The normalized spacial score (nSPS) is 20.2. The summed E-state index contributed by atoms with van der Waals surface area (Å²) < 4.78 is 19.6. The van der Waals surface area contributed by atoms with Crippen molar-refractivity contribution < 1.29 is 23.5 Å². The molecule has 0 radical (unpaired) electrons. The number of nitrogens with zero attached hydrogens (tertiary/aromatic N) is 2. The smallest absolute Gasteiger partial charge is 0.325 e. The molecule has 0 spiro atoms. The number of amides is 4. The van der Waals surface area contributed by atoms with Crippen LogP contribution in [0.1, 0.15) is 30.9 Å². The minimum absolute atomic E-state index is 0.248. The van der Waals surface area contributed by atoms with Crippen LogP contribution in [0, 0.1) is 5.82 Å². The van der Waals surface area contributed by atoms with Crippen LogP contribution >= 0.6 is 0 Å². The number of hydrogen-bond acceptors (Lipinski definition) is 4. The van der Waals surface area contributed by atoms with E-state index in [0.717, 1.165) is 21.8 Å². The van der Waals surface area contributed by atoms with Crippen molar-refractivity contribution in [2.75, 3.05) is 25.1 Å². The van der Waals surface area contributed by atoms with Crippen LogP contribution in [0.3, 0.4) is 0 Å². The molecule has 4 amide bonds. The van der Waals surface area contributed by atoms with Gasteiger partial charge in [0.1, 0.15) is 23.7 Å². The second-order valence-corrected chi connectivity index (χ2v) is 8.40. The number of para-hydroxylation sites is 1. The van der Waals surface area contributed by atoms with E-state index in [4.69, 9.17) is 4.74 Å². The number of imide groups is 1. The van der Waals surface area contributed by atoms with Crippen molar-refractivity contribution in [1.82, 2.24) is 10.2 Å². The highest BCUT2D eigenvalue weighted by Crippen LogP contribution is 2.31. The van der Waals surface area contributed by atoms with E-state index in [9.17, 15) is 18.8 Å². The van der Waals surface area contributed by atoms with Crippen LogP contribution in [-0.4, -0.2) is 48.5 Å². The second kappa shape index (κ2) is 8.61. The van der Waals surface area contributed by atoms with Gasteiger partial charge in [0, 0.05) is 6.54 Å². The molecule has 7 nitrogen and oxygen atoms in total. The van der Waals surface area contributed by atoms with E-state index in [1.54, 1.807) is 26.2 Å². The van der Waals surface area contributed by atoms with Gasteiger partial charge in [-0.25, -0.2) is 9.18 Å². The summed E-state index contributed by atoms with van der Waals surface area (Å²) in [6.45, 7) is 1.60. The summed E-state index contributed by atoms with van der Waals surface area (Å²) in [4.78, 5) is 40.9. The zero-order valence-corrected chi connectivity index (χ0v) is 18.2. The number of carbonyl (C=O) groups is 3. The predicted molar refractivity (Wildman–Crippen MR) is 117 cm³/mol. The lowest BCUT2D eigenvalue weighted by atomic mass is 9.93. The third-order valence-corrected chi connectivity index (χ3v) is 6.18. The topological polar surface area (TPSA) is 79.0 Å². The lowest BCUT2D eigenvalue weighted by molar-refractivity contribution is -0.134. The van der Waals surface area contributed by atoms with E-state index < -0.39 is 35.7 Å². The summed E-state index contributed by atoms with van der Waals surface area (Å²) in [5.74, 6) is -0.656. The fourth-order valence-electron chi connectivity index (χ4n) is 4.32. The number of ether oxygens (including phenoxy) is 1. The predicted octanol–water partition coefficient (Wildman–Crippen LogP) is 3.06. The molecule has 0 saturated carbocycles. The molecule has 1 fully saturated rings. The number of benzene rings is 2. The van der Waals surface area contributed by atoms with Gasteiger partial charge in [0.15, 0.2) is 0 Å². The van der Waals surface area contributed by atoms with Crippen molar-refractivity contribution >= 4 is 23.5 Å². The van der Waals surface area contributed by atoms with Crippen LogP contribution in [0.4, 0.5) is 14.9 Å². The number of methoxy groups -OCH3 is 1. The van der Waals surface area contributed by atoms with E-state index in [2.05, 4.69) is 5.32 Å². The maximum Gasteiger partial charge on any atom is 0.325 e. The van der Waals surface area contributed by atoms with Gasteiger partial charge in [-0.15, -0.1) is 0 Å². The third kappa shape index (κ3) is 4.04. The lowest BCUT2D eigenvalue weighted by Gasteiger charge is -2.31. The van der Waals surface area contributed by atoms with Gasteiger partial charge in [0.05, 0.1) is 12.8 Å². The molecule has 168 valence electrons. The van der Waals surface area contributed by atoms with Crippen molar-refractivity contribution in [2.24, 2.45) is 0 Å². The second-order valence-electron chi connectivity index (χ2n) is 8.40. The molecule has 0 bridgehead atoms. The van der Waals surface area contributed by atoms with E-state index >= 15 is 0 Å². The van der Waals surface area contributed by atoms with E-state index in [-0.39, 0.29) is 5.69 Å². The van der Waals surface area contributed by atoms with E-state index in [0.29, 0.717) is 32.2 Å². The summed E-state index contributed by atoms with van der Waals surface area (Å²) in [5.41, 5.74) is 0.899. The quantitative estimate of drug-likeness (QED) is 0.702. The van der Waals surface area contributed by atoms with E-state index in [1.165, 1.54) is 11.0 Å². The fourth-order valence-corrected chi connectivity index (χ4v) is 4.32. The molecule has 0 aliphatic carbocycles. The maximum absolute atomic E-state index is 14.4. The Balaban J connectivity index is 1.44. The number of nitrogens with one attached hydrogen (secondary N) is 1. The largest absolute Gasteiger partial charge is 0.497 e. The maximum atomic E-state index is 14.4. The van der Waals surface area contributed by atoms with Gasteiger partial charge in [-0.05, 0) is 61.9 Å². The Morgan fingerprint density at radius 3 is 2.66 bits per heavy atom. The monoisotopic (exact) mass is 439 g/mol.